The van der Waals surface area contributed by atoms with Crippen molar-refractivity contribution in [2.75, 3.05) is 41.8 Å². The Morgan fingerprint density at radius 2 is 1.78 bits per heavy atom. The highest BCUT2D eigenvalue weighted by Crippen LogP contribution is 2.28. The van der Waals surface area contributed by atoms with Crippen molar-refractivity contribution in [3.8, 4) is 5.75 Å². The number of nitrogens with zero attached hydrogens (tertiary/aromatic N) is 1. The molecule has 3 N–H and O–H groups in total. The molecule has 1 heterocycles. The summed E-state index contributed by atoms with van der Waals surface area (Å²) in [6, 6.07) is 15.4. The Labute approximate surface area is 160 Å². The Morgan fingerprint density at radius 1 is 1.11 bits per heavy atom. The van der Waals surface area contributed by atoms with Crippen LogP contribution < -0.4 is 20.3 Å². The first kappa shape index (κ1) is 19.0. The molecule has 6 heteroatoms. The number of anilines is 3. The summed E-state index contributed by atoms with van der Waals surface area (Å²) in [5.41, 5.74) is 2.65. The number of carbonyl (C=O) groups is 1. The number of para-hydroxylation sites is 4. The van der Waals surface area contributed by atoms with Gasteiger partial charge in [-0.1, -0.05) is 24.3 Å². The molecular formula is C21H27N3O3. The van der Waals surface area contributed by atoms with Crippen molar-refractivity contribution in [2.45, 2.75) is 25.9 Å². The highest BCUT2D eigenvalue weighted by molar-refractivity contribution is 5.95. The Morgan fingerprint density at radius 3 is 2.52 bits per heavy atom. The van der Waals surface area contributed by atoms with Gasteiger partial charge in [0.2, 0.25) is 5.91 Å². The molecule has 0 aromatic heterocycles. The van der Waals surface area contributed by atoms with E-state index < -0.39 is 0 Å². The smallest absolute Gasteiger partial charge is 0.243 e. The number of aliphatic hydroxyl groups excluding tert-OH is 1. The van der Waals surface area contributed by atoms with Crippen molar-refractivity contribution in [3.05, 3.63) is 48.5 Å². The molecule has 1 aliphatic heterocycles. The van der Waals surface area contributed by atoms with Crippen LogP contribution in [0, 0.1) is 0 Å². The van der Waals surface area contributed by atoms with Crippen LogP contribution in [0.25, 0.3) is 0 Å². The maximum Gasteiger partial charge on any atom is 0.243 e. The molecule has 27 heavy (non-hydrogen) atoms. The van der Waals surface area contributed by atoms with E-state index >= 15 is 0 Å². The Hall–Kier alpha value is -2.73. The van der Waals surface area contributed by atoms with Gasteiger partial charge in [0.15, 0.2) is 0 Å². The molecule has 2 aromatic rings. The SMILES string of the molecule is CCOc1ccccc1NC(=O)CNc1ccccc1N1CCC(O)CC1. The molecule has 3 rings (SSSR count). The van der Waals surface area contributed by atoms with Gasteiger partial charge in [-0.05, 0) is 44.0 Å². The molecule has 0 radical (unpaired) electrons. The summed E-state index contributed by atoms with van der Waals surface area (Å²) in [6.45, 7) is 4.25. The number of aliphatic hydroxyl groups is 1. The first-order valence-corrected chi connectivity index (χ1v) is 9.45. The summed E-state index contributed by atoms with van der Waals surface area (Å²) in [4.78, 5) is 14.6. The van der Waals surface area contributed by atoms with E-state index in [4.69, 9.17) is 4.74 Å². The fourth-order valence-corrected chi connectivity index (χ4v) is 3.23. The predicted molar refractivity (Wildman–Crippen MR) is 109 cm³/mol. The van der Waals surface area contributed by atoms with Gasteiger partial charge in [0.1, 0.15) is 5.75 Å². The zero-order valence-electron chi connectivity index (χ0n) is 15.6. The van der Waals surface area contributed by atoms with Crippen molar-refractivity contribution < 1.29 is 14.6 Å². The van der Waals surface area contributed by atoms with Crippen LogP contribution in [0.2, 0.25) is 0 Å². The Balaban J connectivity index is 1.61. The van der Waals surface area contributed by atoms with Gasteiger partial charge in [-0.25, -0.2) is 0 Å². The summed E-state index contributed by atoms with van der Waals surface area (Å²) in [5.74, 6) is 0.534. The number of ether oxygens (including phenoxy) is 1. The number of benzene rings is 2. The largest absolute Gasteiger partial charge is 0.492 e. The quantitative estimate of drug-likeness (QED) is 0.699. The fourth-order valence-electron chi connectivity index (χ4n) is 3.23. The number of amides is 1. The third-order valence-electron chi connectivity index (χ3n) is 4.61. The van der Waals surface area contributed by atoms with E-state index in [9.17, 15) is 9.90 Å². The standard InChI is InChI=1S/C21H27N3O3/c1-2-27-20-10-6-4-8-18(20)23-21(26)15-22-17-7-3-5-9-19(17)24-13-11-16(25)12-14-24/h3-10,16,22,25H,2,11-15H2,1H3,(H,23,26). The molecule has 144 valence electrons. The third-order valence-corrected chi connectivity index (χ3v) is 4.61. The number of carbonyl (C=O) groups excluding carboxylic acids is 1. The van der Waals surface area contributed by atoms with E-state index in [0.29, 0.717) is 18.0 Å². The van der Waals surface area contributed by atoms with E-state index in [1.54, 1.807) is 0 Å². The van der Waals surface area contributed by atoms with Gasteiger partial charge >= 0.3 is 0 Å². The second-order valence-electron chi connectivity index (χ2n) is 6.57. The van der Waals surface area contributed by atoms with Gasteiger partial charge < -0.3 is 25.4 Å². The van der Waals surface area contributed by atoms with Crippen LogP contribution in [0.5, 0.6) is 5.75 Å². The second-order valence-corrected chi connectivity index (χ2v) is 6.57. The molecular weight excluding hydrogens is 342 g/mol. The monoisotopic (exact) mass is 369 g/mol. The summed E-state index contributed by atoms with van der Waals surface area (Å²) >= 11 is 0. The molecule has 0 unspecified atom stereocenters. The van der Waals surface area contributed by atoms with Crippen molar-refractivity contribution in [3.63, 3.8) is 0 Å². The zero-order valence-corrected chi connectivity index (χ0v) is 15.6. The lowest BCUT2D eigenvalue weighted by atomic mass is 10.1. The molecule has 0 bridgehead atoms. The number of hydrogen-bond acceptors (Lipinski definition) is 5. The maximum atomic E-state index is 12.4. The normalized spacial score (nSPS) is 14.7. The average Bonchev–Trinajstić information content (AvgIpc) is 2.69. The predicted octanol–water partition coefficient (Wildman–Crippen LogP) is 3.10. The lowest BCUT2D eigenvalue weighted by Gasteiger charge is -2.32. The highest BCUT2D eigenvalue weighted by Gasteiger charge is 2.19. The first-order valence-electron chi connectivity index (χ1n) is 9.45. The number of rotatable bonds is 7. The van der Waals surface area contributed by atoms with Crippen LogP contribution in [-0.4, -0.2) is 43.4 Å². The molecule has 0 spiro atoms. The Bertz CT molecular complexity index is 758. The number of hydrogen-bond donors (Lipinski definition) is 3. The molecule has 0 saturated carbocycles. The van der Waals surface area contributed by atoms with Crippen molar-refractivity contribution in [1.82, 2.24) is 0 Å². The average molecular weight is 369 g/mol. The second kappa shape index (κ2) is 9.28. The minimum absolute atomic E-state index is 0.133. The summed E-state index contributed by atoms with van der Waals surface area (Å²) in [6.07, 6.45) is 1.32. The van der Waals surface area contributed by atoms with Crippen LogP contribution in [0.15, 0.2) is 48.5 Å². The number of nitrogens with one attached hydrogen (secondary N) is 2. The first-order chi connectivity index (χ1) is 13.2. The van der Waals surface area contributed by atoms with Crippen LogP contribution in [-0.2, 0) is 4.79 Å². The fraction of sp³-hybridized carbons (Fsp3) is 0.381. The molecule has 0 aliphatic carbocycles. The summed E-state index contributed by atoms with van der Waals surface area (Å²) < 4.78 is 5.55. The van der Waals surface area contributed by atoms with Gasteiger partial charge in [0.25, 0.3) is 0 Å². The van der Waals surface area contributed by atoms with Crippen LogP contribution in [0.4, 0.5) is 17.1 Å². The minimum Gasteiger partial charge on any atom is -0.492 e. The topological polar surface area (TPSA) is 73.8 Å². The van der Waals surface area contributed by atoms with Crippen molar-refractivity contribution in [2.24, 2.45) is 0 Å². The Kier molecular flexibility index (Phi) is 6.54. The van der Waals surface area contributed by atoms with Gasteiger partial charge in [-0.2, -0.15) is 0 Å². The summed E-state index contributed by atoms with van der Waals surface area (Å²) in [7, 11) is 0. The van der Waals surface area contributed by atoms with Crippen LogP contribution in [0.3, 0.4) is 0 Å². The van der Waals surface area contributed by atoms with E-state index in [1.807, 2.05) is 55.5 Å². The van der Waals surface area contributed by atoms with E-state index in [1.165, 1.54) is 0 Å². The van der Waals surface area contributed by atoms with E-state index in [0.717, 1.165) is 37.3 Å². The van der Waals surface area contributed by atoms with Gasteiger partial charge in [0, 0.05) is 13.1 Å². The molecule has 2 aromatic carbocycles. The third kappa shape index (κ3) is 5.14. The van der Waals surface area contributed by atoms with Crippen LogP contribution >= 0.6 is 0 Å². The highest BCUT2D eigenvalue weighted by atomic mass is 16.5. The summed E-state index contributed by atoms with van der Waals surface area (Å²) in [5, 5.41) is 15.8. The molecule has 0 atom stereocenters. The van der Waals surface area contributed by atoms with Gasteiger partial charge in [-0.3, -0.25) is 4.79 Å². The molecule has 6 nitrogen and oxygen atoms in total. The van der Waals surface area contributed by atoms with Gasteiger partial charge in [-0.15, -0.1) is 0 Å². The molecule has 1 saturated heterocycles. The molecule has 1 fully saturated rings. The molecule has 1 aliphatic rings. The maximum absolute atomic E-state index is 12.4. The van der Waals surface area contributed by atoms with Crippen molar-refractivity contribution in [1.29, 1.82) is 0 Å². The van der Waals surface area contributed by atoms with Gasteiger partial charge in [0.05, 0.1) is 36.3 Å². The van der Waals surface area contributed by atoms with Crippen LogP contribution in [0.1, 0.15) is 19.8 Å². The van der Waals surface area contributed by atoms with E-state index in [2.05, 4.69) is 15.5 Å². The van der Waals surface area contributed by atoms with E-state index in [-0.39, 0.29) is 18.6 Å². The lowest BCUT2D eigenvalue weighted by molar-refractivity contribution is -0.114. The zero-order chi connectivity index (χ0) is 19.1. The minimum atomic E-state index is -0.211. The molecule has 1 amide bonds. The van der Waals surface area contributed by atoms with Crippen molar-refractivity contribution >= 4 is 23.0 Å². The number of piperidine rings is 1. The lowest BCUT2D eigenvalue weighted by Crippen LogP contribution is -2.36.